The highest BCUT2D eigenvalue weighted by molar-refractivity contribution is 5.77. The van der Waals surface area contributed by atoms with Crippen LogP contribution >= 0.6 is 0 Å². The number of carboxylic acids is 1. The zero-order valence-electron chi connectivity index (χ0n) is 11.1. The molecule has 100 valence electrons. The van der Waals surface area contributed by atoms with Gasteiger partial charge in [0, 0.05) is 18.2 Å². The van der Waals surface area contributed by atoms with E-state index in [1.165, 1.54) is 0 Å². The van der Waals surface area contributed by atoms with Crippen molar-refractivity contribution in [1.29, 1.82) is 0 Å². The second-order valence-corrected chi connectivity index (χ2v) is 4.46. The van der Waals surface area contributed by atoms with Crippen LogP contribution in [0, 0.1) is 0 Å². The Morgan fingerprint density at radius 2 is 2.00 bits per heavy atom. The Bertz CT molecular complexity index is 429. The smallest absolute Gasteiger partial charge is 0.323 e. The van der Waals surface area contributed by atoms with Gasteiger partial charge in [0.2, 0.25) is 0 Å². The second-order valence-electron chi connectivity index (χ2n) is 4.46. The number of carboxylic acid groups (broad SMARTS) is 1. The molecule has 0 aliphatic rings. The van der Waals surface area contributed by atoms with Gasteiger partial charge in [0.25, 0.3) is 0 Å². The third-order valence-electron chi connectivity index (χ3n) is 2.75. The topological polar surface area (TPSA) is 67.8 Å². The van der Waals surface area contributed by atoms with Crippen molar-refractivity contribution in [2.75, 3.05) is 14.2 Å². The molecule has 5 nitrogen and oxygen atoms in total. The van der Waals surface area contributed by atoms with Crippen LogP contribution in [0.4, 0.5) is 0 Å². The Morgan fingerprint density at radius 1 is 1.33 bits per heavy atom. The first kappa shape index (κ1) is 14.3. The van der Waals surface area contributed by atoms with Crippen molar-refractivity contribution in [3.8, 4) is 11.5 Å². The van der Waals surface area contributed by atoms with E-state index in [2.05, 4.69) is 5.32 Å². The van der Waals surface area contributed by atoms with Crippen LogP contribution in [0.3, 0.4) is 0 Å². The fourth-order valence-electron chi connectivity index (χ4n) is 1.39. The Hall–Kier alpha value is -1.75. The molecule has 1 aromatic carbocycles. The molecular weight excluding hydrogens is 234 g/mol. The maximum absolute atomic E-state index is 11.0. The summed E-state index contributed by atoms with van der Waals surface area (Å²) < 4.78 is 10.3. The maximum atomic E-state index is 11.0. The Labute approximate surface area is 107 Å². The number of aliphatic carboxylic acids is 1. The first-order valence-electron chi connectivity index (χ1n) is 5.60. The van der Waals surface area contributed by atoms with Gasteiger partial charge >= 0.3 is 5.97 Å². The number of nitrogens with one attached hydrogen (secondary N) is 1. The molecule has 0 fully saturated rings. The molecule has 0 bridgehead atoms. The van der Waals surface area contributed by atoms with Crippen molar-refractivity contribution in [3.63, 3.8) is 0 Å². The van der Waals surface area contributed by atoms with Gasteiger partial charge in [0.15, 0.2) is 0 Å². The maximum Gasteiger partial charge on any atom is 0.323 e. The minimum absolute atomic E-state index is 0.409. The van der Waals surface area contributed by atoms with Gasteiger partial charge in [-0.1, -0.05) is 6.07 Å². The van der Waals surface area contributed by atoms with Gasteiger partial charge in [-0.15, -0.1) is 0 Å². The van der Waals surface area contributed by atoms with Crippen molar-refractivity contribution in [2.24, 2.45) is 0 Å². The molecule has 18 heavy (non-hydrogen) atoms. The van der Waals surface area contributed by atoms with Crippen LogP contribution < -0.4 is 14.8 Å². The molecule has 0 aliphatic heterocycles. The molecule has 0 heterocycles. The van der Waals surface area contributed by atoms with Crippen LogP contribution in [0.1, 0.15) is 19.4 Å². The zero-order valence-corrected chi connectivity index (χ0v) is 11.1. The highest BCUT2D eigenvalue weighted by Crippen LogP contribution is 2.24. The molecule has 1 aromatic rings. The molecule has 1 rings (SSSR count). The summed E-state index contributed by atoms with van der Waals surface area (Å²) in [4.78, 5) is 11.0. The van der Waals surface area contributed by atoms with Gasteiger partial charge in [0.1, 0.15) is 17.0 Å². The molecule has 0 unspecified atom stereocenters. The molecule has 0 amide bonds. The van der Waals surface area contributed by atoms with E-state index in [0.717, 1.165) is 5.56 Å². The number of rotatable bonds is 6. The molecule has 0 aliphatic carbocycles. The lowest BCUT2D eigenvalue weighted by atomic mass is 10.1. The van der Waals surface area contributed by atoms with Crippen LogP contribution in [0.2, 0.25) is 0 Å². The first-order valence-corrected chi connectivity index (χ1v) is 5.60. The van der Waals surface area contributed by atoms with E-state index in [0.29, 0.717) is 18.0 Å². The highest BCUT2D eigenvalue weighted by atomic mass is 16.5. The average Bonchev–Trinajstić information content (AvgIpc) is 2.35. The molecule has 5 heteroatoms. The number of hydrogen-bond acceptors (Lipinski definition) is 4. The predicted molar refractivity (Wildman–Crippen MR) is 68.1 cm³/mol. The summed E-state index contributed by atoms with van der Waals surface area (Å²) in [5.41, 5.74) is -0.0992. The Balaban J connectivity index is 2.82. The molecule has 0 spiro atoms. The summed E-state index contributed by atoms with van der Waals surface area (Å²) in [6.45, 7) is 3.64. The number of carbonyl (C=O) groups is 1. The minimum atomic E-state index is -0.981. The summed E-state index contributed by atoms with van der Waals surface area (Å²) in [5, 5.41) is 12.0. The SMILES string of the molecule is COc1ccc(CNC(C)(C)C(=O)O)c(OC)c1. The molecule has 0 atom stereocenters. The predicted octanol–water partition coefficient (Wildman–Crippen LogP) is 1.66. The van der Waals surface area contributed by atoms with Crippen molar-refractivity contribution < 1.29 is 19.4 Å². The van der Waals surface area contributed by atoms with Crippen LogP contribution in [-0.4, -0.2) is 30.8 Å². The van der Waals surface area contributed by atoms with Crippen LogP contribution in [0.5, 0.6) is 11.5 Å². The van der Waals surface area contributed by atoms with E-state index >= 15 is 0 Å². The summed E-state index contributed by atoms with van der Waals surface area (Å²) in [7, 11) is 3.15. The molecule has 2 N–H and O–H groups in total. The largest absolute Gasteiger partial charge is 0.497 e. The highest BCUT2D eigenvalue weighted by Gasteiger charge is 2.26. The lowest BCUT2D eigenvalue weighted by Gasteiger charge is -2.21. The van der Waals surface area contributed by atoms with Crippen LogP contribution in [-0.2, 0) is 11.3 Å². The van der Waals surface area contributed by atoms with Crippen molar-refractivity contribution in [1.82, 2.24) is 5.32 Å². The van der Waals surface area contributed by atoms with E-state index < -0.39 is 11.5 Å². The molecule has 0 aromatic heterocycles. The van der Waals surface area contributed by atoms with Crippen LogP contribution in [0.25, 0.3) is 0 Å². The van der Waals surface area contributed by atoms with E-state index in [1.54, 1.807) is 34.1 Å². The Morgan fingerprint density at radius 3 is 2.50 bits per heavy atom. The Kier molecular flexibility index (Phi) is 4.55. The monoisotopic (exact) mass is 253 g/mol. The van der Waals surface area contributed by atoms with Gasteiger partial charge in [-0.2, -0.15) is 0 Å². The van der Waals surface area contributed by atoms with E-state index in [1.807, 2.05) is 12.1 Å². The molecule has 0 saturated carbocycles. The van der Waals surface area contributed by atoms with E-state index in [-0.39, 0.29) is 0 Å². The lowest BCUT2D eigenvalue weighted by Crippen LogP contribution is -2.46. The average molecular weight is 253 g/mol. The quantitative estimate of drug-likeness (QED) is 0.807. The van der Waals surface area contributed by atoms with Gasteiger partial charge in [-0.25, -0.2) is 0 Å². The van der Waals surface area contributed by atoms with Crippen molar-refractivity contribution >= 4 is 5.97 Å². The van der Waals surface area contributed by atoms with E-state index in [9.17, 15) is 4.79 Å². The molecule has 0 radical (unpaired) electrons. The lowest BCUT2D eigenvalue weighted by molar-refractivity contribution is -0.143. The number of ether oxygens (including phenoxy) is 2. The summed E-state index contributed by atoms with van der Waals surface area (Å²) in [6, 6.07) is 5.43. The fraction of sp³-hybridized carbons (Fsp3) is 0.462. The summed E-state index contributed by atoms with van der Waals surface area (Å²) in [5.74, 6) is 0.478. The normalized spacial score (nSPS) is 11.1. The summed E-state index contributed by atoms with van der Waals surface area (Å²) in [6.07, 6.45) is 0. The second kappa shape index (κ2) is 5.73. The van der Waals surface area contributed by atoms with Crippen LogP contribution in [0.15, 0.2) is 18.2 Å². The standard InChI is InChI=1S/C13H19NO4/c1-13(2,12(15)16)14-8-9-5-6-10(17-3)7-11(9)18-4/h5-7,14H,8H2,1-4H3,(H,15,16). The van der Waals surface area contributed by atoms with Gasteiger partial charge in [-0.3, -0.25) is 10.1 Å². The minimum Gasteiger partial charge on any atom is -0.497 e. The first-order chi connectivity index (χ1) is 8.40. The van der Waals surface area contributed by atoms with Gasteiger partial charge in [0.05, 0.1) is 14.2 Å². The fourth-order valence-corrected chi connectivity index (χ4v) is 1.39. The van der Waals surface area contributed by atoms with Gasteiger partial charge in [-0.05, 0) is 19.9 Å². The summed E-state index contributed by atoms with van der Waals surface area (Å²) >= 11 is 0. The molecule has 0 saturated heterocycles. The third kappa shape index (κ3) is 3.37. The number of benzene rings is 1. The molecular formula is C13H19NO4. The number of hydrogen-bond donors (Lipinski definition) is 2. The zero-order chi connectivity index (χ0) is 13.8. The van der Waals surface area contributed by atoms with E-state index in [4.69, 9.17) is 14.6 Å². The third-order valence-corrected chi connectivity index (χ3v) is 2.75. The van der Waals surface area contributed by atoms with Gasteiger partial charge < -0.3 is 14.6 Å². The number of methoxy groups -OCH3 is 2. The van der Waals surface area contributed by atoms with Crippen molar-refractivity contribution in [3.05, 3.63) is 23.8 Å². The van der Waals surface area contributed by atoms with Crippen molar-refractivity contribution in [2.45, 2.75) is 25.9 Å².